The van der Waals surface area contributed by atoms with Gasteiger partial charge in [0.25, 0.3) is 0 Å². The molecule has 96 valence electrons. The van der Waals surface area contributed by atoms with Gasteiger partial charge in [0.15, 0.2) is 0 Å². The summed E-state index contributed by atoms with van der Waals surface area (Å²) in [6.45, 7) is 3.83. The van der Waals surface area contributed by atoms with Crippen LogP contribution >= 0.6 is 27.5 Å². The van der Waals surface area contributed by atoms with Crippen molar-refractivity contribution in [3.8, 4) is 11.5 Å². The number of benzene rings is 1. The molecule has 0 unspecified atom stereocenters. The van der Waals surface area contributed by atoms with Gasteiger partial charge in [-0.05, 0) is 40.7 Å². The molecule has 0 amide bonds. The van der Waals surface area contributed by atoms with E-state index in [0.717, 1.165) is 29.5 Å². The van der Waals surface area contributed by atoms with E-state index in [0.29, 0.717) is 16.8 Å². The van der Waals surface area contributed by atoms with Gasteiger partial charge in [0.05, 0.1) is 5.02 Å². The standard InChI is InChI=1S/C12H13BrClN3O/c1-2-15-6-5-11-16-17-12(18-11)8-3-4-9(13)10(14)7-8/h3-4,7,15H,2,5-6H2,1H3. The highest BCUT2D eigenvalue weighted by Gasteiger charge is 2.09. The van der Waals surface area contributed by atoms with Gasteiger partial charge in [-0.3, -0.25) is 0 Å². The van der Waals surface area contributed by atoms with Crippen LogP contribution in [0.15, 0.2) is 27.1 Å². The lowest BCUT2D eigenvalue weighted by molar-refractivity contribution is 0.496. The number of nitrogens with zero attached hydrogens (tertiary/aromatic N) is 2. The van der Waals surface area contributed by atoms with Crippen molar-refractivity contribution in [2.45, 2.75) is 13.3 Å². The van der Waals surface area contributed by atoms with Crippen LogP contribution in [-0.2, 0) is 6.42 Å². The Morgan fingerprint density at radius 1 is 1.39 bits per heavy atom. The van der Waals surface area contributed by atoms with Crippen LogP contribution in [0.2, 0.25) is 5.02 Å². The molecule has 0 fully saturated rings. The Labute approximate surface area is 119 Å². The van der Waals surface area contributed by atoms with Crippen molar-refractivity contribution in [3.63, 3.8) is 0 Å². The van der Waals surface area contributed by atoms with Gasteiger partial charge in [0.2, 0.25) is 11.8 Å². The number of halogens is 2. The van der Waals surface area contributed by atoms with E-state index in [1.54, 1.807) is 6.07 Å². The third kappa shape index (κ3) is 3.31. The molecular weight excluding hydrogens is 318 g/mol. The Bertz CT molecular complexity index is 530. The van der Waals surface area contributed by atoms with Crippen molar-refractivity contribution >= 4 is 27.5 Å². The summed E-state index contributed by atoms with van der Waals surface area (Å²) < 4.78 is 6.42. The molecule has 0 aliphatic rings. The topological polar surface area (TPSA) is 51.0 Å². The van der Waals surface area contributed by atoms with E-state index < -0.39 is 0 Å². The molecule has 0 bridgehead atoms. The number of hydrogen-bond acceptors (Lipinski definition) is 4. The molecule has 1 aromatic heterocycles. The van der Waals surface area contributed by atoms with Crippen molar-refractivity contribution in [3.05, 3.63) is 33.6 Å². The van der Waals surface area contributed by atoms with Crippen LogP contribution in [0.4, 0.5) is 0 Å². The Hall–Kier alpha value is -0.910. The van der Waals surface area contributed by atoms with Gasteiger partial charge in [-0.25, -0.2) is 0 Å². The zero-order valence-corrected chi connectivity index (χ0v) is 12.3. The molecule has 0 radical (unpaired) electrons. The number of likely N-dealkylation sites (N-methyl/N-ethyl adjacent to an activating group) is 1. The minimum Gasteiger partial charge on any atom is -0.421 e. The zero-order chi connectivity index (χ0) is 13.0. The van der Waals surface area contributed by atoms with Crippen LogP contribution < -0.4 is 5.32 Å². The lowest BCUT2D eigenvalue weighted by Crippen LogP contribution is -2.16. The Balaban J connectivity index is 2.11. The van der Waals surface area contributed by atoms with Crippen LogP contribution in [0, 0.1) is 0 Å². The third-order valence-corrected chi connectivity index (χ3v) is 3.63. The molecule has 0 aliphatic carbocycles. The second-order valence-electron chi connectivity index (χ2n) is 3.73. The molecule has 1 N–H and O–H groups in total. The number of aromatic nitrogens is 2. The average Bonchev–Trinajstić information content (AvgIpc) is 2.82. The fourth-order valence-corrected chi connectivity index (χ4v) is 1.90. The lowest BCUT2D eigenvalue weighted by atomic mass is 10.2. The molecular formula is C12H13BrClN3O. The van der Waals surface area contributed by atoms with E-state index in [2.05, 4.69) is 38.4 Å². The summed E-state index contributed by atoms with van der Waals surface area (Å²) in [5, 5.41) is 11.9. The fraction of sp³-hybridized carbons (Fsp3) is 0.333. The van der Waals surface area contributed by atoms with Gasteiger partial charge in [-0.1, -0.05) is 18.5 Å². The van der Waals surface area contributed by atoms with Gasteiger partial charge < -0.3 is 9.73 Å². The summed E-state index contributed by atoms with van der Waals surface area (Å²) in [5.41, 5.74) is 0.824. The predicted molar refractivity (Wildman–Crippen MR) is 74.7 cm³/mol. The van der Waals surface area contributed by atoms with Crippen molar-refractivity contribution < 1.29 is 4.42 Å². The largest absolute Gasteiger partial charge is 0.421 e. The quantitative estimate of drug-likeness (QED) is 0.855. The molecule has 1 aromatic carbocycles. The minimum absolute atomic E-state index is 0.496. The Kier molecular flexibility index (Phi) is 4.74. The molecule has 0 saturated carbocycles. The normalized spacial score (nSPS) is 10.8. The number of hydrogen-bond donors (Lipinski definition) is 1. The minimum atomic E-state index is 0.496. The van der Waals surface area contributed by atoms with E-state index in [9.17, 15) is 0 Å². The maximum absolute atomic E-state index is 6.03. The van der Waals surface area contributed by atoms with Crippen LogP contribution in [0.25, 0.3) is 11.5 Å². The molecule has 1 heterocycles. The molecule has 18 heavy (non-hydrogen) atoms. The highest BCUT2D eigenvalue weighted by Crippen LogP contribution is 2.28. The van der Waals surface area contributed by atoms with Crippen molar-refractivity contribution in [2.24, 2.45) is 0 Å². The molecule has 0 spiro atoms. The molecule has 0 aliphatic heterocycles. The van der Waals surface area contributed by atoms with Crippen molar-refractivity contribution in [1.82, 2.24) is 15.5 Å². The highest BCUT2D eigenvalue weighted by molar-refractivity contribution is 9.10. The highest BCUT2D eigenvalue weighted by atomic mass is 79.9. The number of nitrogens with one attached hydrogen (secondary N) is 1. The Morgan fingerprint density at radius 2 is 2.22 bits per heavy atom. The molecule has 2 aromatic rings. The van der Waals surface area contributed by atoms with E-state index in [-0.39, 0.29) is 0 Å². The SMILES string of the molecule is CCNCCc1nnc(-c2ccc(Br)c(Cl)c2)o1. The second-order valence-corrected chi connectivity index (χ2v) is 4.99. The summed E-state index contributed by atoms with van der Waals surface area (Å²) in [5.74, 6) is 1.13. The third-order valence-electron chi connectivity index (χ3n) is 2.40. The first-order valence-electron chi connectivity index (χ1n) is 5.69. The van der Waals surface area contributed by atoms with E-state index in [4.69, 9.17) is 16.0 Å². The summed E-state index contributed by atoms with van der Waals surface area (Å²) in [6, 6.07) is 5.55. The van der Waals surface area contributed by atoms with Crippen LogP contribution in [0.5, 0.6) is 0 Å². The van der Waals surface area contributed by atoms with Gasteiger partial charge in [-0.15, -0.1) is 10.2 Å². The zero-order valence-electron chi connectivity index (χ0n) is 9.91. The second kappa shape index (κ2) is 6.31. The summed E-state index contributed by atoms with van der Waals surface area (Å²) >= 11 is 9.37. The van der Waals surface area contributed by atoms with Gasteiger partial charge in [0, 0.05) is 23.0 Å². The molecule has 0 atom stereocenters. The maximum Gasteiger partial charge on any atom is 0.247 e. The summed E-state index contributed by atoms with van der Waals surface area (Å²) in [4.78, 5) is 0. The van der Waals surface area contributed by atoms with Crippen LogP contribution in [0.3, 0.4) is 0 Å². The van der Waals surface area contributed by atoms with Crippen LogP contribution in [-0.4, -0.2) is 23.3 Å². The van der Waals surface area contributed by atoms with Gasteiger partial charge in [-0.2, -0.15) is 0 Å². The summed E-state index contributed by atoms with van der Waals surface area (Å²) in [7, 11) is 0. The van der Waals surface area contributed by atoms with E-state index in [1.807, 2.05) is 12.1 Å². The lowest BCUT2D eigenvalue weighted by Gasteiger charge is -1.98. The smallest absolute Gasteiger partial charge is 0.247 e. The Morgan fingerprint density at radius 3 is 2.94 bits per heavy atom. The summed E-state index contributed by atoms with van der Waals surface area (Å²) in [6.07, 6.45) is 0.727. The molecule has 2 rings (SSSR count). The van der Waals surface area contributed by atoms with Crippen molar-refractivity contribution in [2.75, 3.05) is 13.1 Å². The van der Waals surface area contributed by atoms with E-state index >= 15 is 0 Å². The van der Waals surface area contributed by atoms with E-state index in [1.165, 1.54) is 0 Å². The van der Waals surface area contributed by atoms with Gasteiger partial charge >= 0.3 is 0 Å². The van der Waals surface area contributed by atoms with Crippen molar-refractivity contribution in [1.29, 1.82) is 0 Å². The monoisotopic (exact) mass is 329 g/mol. The maximum atomic E-state index is 6.03. The first kappa shape index (κ1) is 13.5. The molecule has 0 saturated heterocycles. The first-order chi connectivity index (χ1) is 8.70. The number of rotatable bonds is 5. The predicted octanol–water partition coefficient (Wildman–Crippen LogP) is 3.30. The average molecular weight is 331 g/mol. The molecule has 6 heteroatoms. The first-order valence-corrected chi connectivity index (χ1v) is 6.86. The fourth-order valence-electron chi connectivity index (χ4n) is 1.47. The van der Waals surface area contributed by atoms with Gasteiger partial charge in [0.1, 0.15) is 0 Å². The molecule has 4 nitrogen and oxygen atoms in total. The van der Waals surface area contributed by atoms with Crippen LogP contribution in [0.1, 0.15) is 12.8 Å².